The molecule has 2 N–H and O–H groups in total. The van der Waals surface area contributed by atoms with Crippen LogP contribution in [0, 0.1) is 6.07 Å². The second-order valence-corrected chi connectivity index (χ2v) is 7.50. The van der Waals surface area contributed by atoms with E-state index in [2.05, 4.69) is 26.8 Å². The predicted octanol–water partition coefficient (Wildman–Crippen LogP) is 3.30. The average Bonchev–Trinajstić information content (AvgIpc) is 3.27. The first-order valence-corrected chi connectivity index (χ1v) is 10.3. The number of hydrogen-bond acceptors (Lipinski definition) is 6. The number of fused-ring (bicyclic) bond motifs is 1. The summed E-state index contributed by atoms with van der Waals surface area (Å²) in [5.74, 6) is -0.259. The smallest absolute Gasteiger partial charge is 0.270 e. The van der Waals surface area contributed by atoms with Crippen molar-refractivity contribution >= 4 is 23.1 Å². The Kier molecular flexibility index (Phi) is 5.31. The molecular formula is C25H21N6O. The molecule has 0 saturated heterocycles. The normalized spacial score (nSPS) is 15.3. The molecule has 2 aromatic carbocycles. The molecule has 4 aromatic rings. The molecule has 1 amide bonds. The maximum atomic E-state index is 13.0. The van der Waals surface area contributed by atoms with E-state index in [4.69, 9.17) is 4.98 Å². The summed E-state index contributed by atoms with van der Waals surface area (Å²) in [6.07, 6.45) is 3.11. The Morgan fingerprint density at radius 2 is 1.94 bits per heavy atom. The minimum absolute atomic E-state index is 0.196. The molecule has 1 atom stereocenters. The van der Waals surface area contributed by atoms with Crippen LogP contribution in [0.4, 0.5) is 0 Å². The predicted molar refractivity (Wildman–Crippen MR) is 125 cm³/mol. The number of hydrazine groups is 1. The molecule has 0 fully saturated rings. The van der Waals surface area contributed by atoms with E-state index in [0.29, 0.717) is 23.1 Å². The van der Waals surface area contributed by atoms with Crippen LogP contribution in [0.2, 0.25) is 0 Å². The van der Waals surface area contributed by atoms with Gasteiger partial charge in [0.1, 0.15) is 18.2 Å². The summed E-state index contributed by atoms with van der Waals surface area (Å²) in [7, 11) is 1.86. The fourth-order valence-corrected chi connectivity index (χ4v) is 3.73. The van der Waals surface area contributed by atoms with Crippen LogP contribution in [0.1, 0.15) is 10.5 Å². The maximum Gasteiger partial charge on any atom is 0.270 e. The van der Waals surface area contributed by atoms with Gasteiger partial charge in [-0.1, -0.05) is 54.6 Å². The molecule has 1 radical (unpaired) electrons. The van der Waals surface area contributed by atoms with Gasteiger partial charge in [-0.2, -0.15) is 0 Å². The summed E-state index contributed by atoms with van der Waals surface area (Å²) in [6.45, 7) is 0.356. The number of aliphatic imine (C=N–C) groups is 1. The average molecular weight is 421 g/mol. The van der Waals surface area contributed by atoms with Crippen molar-refractivity contribution in [1.82, 2.24) is 25.7 Å². The monoisotopic (exact) mass is 421 g/mol. The summed E-state index contributed by atoms with van der Waals surface area (Å²) < 4.78 is 0. The molecule has 1 aliphatic heterocycles. The van der Waals surface area contributed by atoms with Crippen molar-refractivity contribution in [2.45, 2.75) is 6.17 Å². The lowest BCUT2D eigenvalue weighted by atomic mass is 9.97. The molecule has 2 aromatic heterocycles. The molecule has 0 aliphatic carbocycles. The Bertz CT molecular complexity index is 1290. The number of nitrogens with zero attached hydrogens (tertiary/aromatic N) is 4. The number of benzene rings is 2. The quantitative estimate of drug-likeness (QED) is 0.517. The lowest BCUT2D eigenvalue weighted by Gasteiger charge is -2.15. The molecule has 1 aliphatic rings. The van der Waals surface area contributed by atoms with Gasteiger partial charge >= 0.3 is 0 Å². The van der Waals surface area contributed by atoms with Gasteiger partial charge in [0.15, 0.2) is 0 Å². The van der Waals surface area contributed by atoms with Gasteiger partial charge in [-0.25, -0.2) is 10.4 Å². The van der Waals surface area contributed by atoms with Crippen LogP contribution in [0.5, 0.6) is 0 Å². The molecule has 32 heavy (non-hydrogen) atoms. The first-order valence-electron chi connectivity index (χ1n) is 10.3. The molecule has 0 saturated carbocycles. The number of hydrogen-bond donors (Lipinski definition) is 2. The van der Waals surface area contributed by atoms with Gasteiger partial charge in [-0.15, -0.1) is 0 Å². The third kappa shape index (κ3) is 3.93. The van der Waals surface area contributed by atoms with Gasteiger partial charge in [-0.05, 0) is 23.8 Å². The van der Waals surface area contributed by atoms with Crippen molar-refractivity contribution in [3.8, 4) is 22.4 Å². The number of pyridine rings is 2. The number of aromatic nitrogens is 2. The van der Waals surface area contributed by atoms with Crippen LogP contribution in [-0.2, 0) is 0 Å². The number of carbonyl (C=O) groups is 1. The van der Waals surface area contributed by atoms with E-state index in [9.17, 15) is 4.79 Å². The minimum atomic E-state index is -0.259. The molecule has 157 valence electrons. The summed E-state index contributed by atoms with van der Waals surface area (Å²) in [6, 6.07) is 24.7. The van der Waals surface area contributed by atoms with E-state index in [-0.39, 0.29) is 12.1 Å². The molecule has 7 nitrogen and oxygen atoms in total. The third-order valence-corrected chi connectivity index (χ3v) is 5.26. The zero-order chi connectivity index (χ0) is 21.9. The molecule has 1 unspecified atom stereocenters. The van der Waals surface area contributed by atoms with E-state index in [1.54, 1.807) is 17.5 Å². The fraction of sp³-hybridized carbons (Fsp3) is 0.120. The largest absolute Gasteiger partial charge is 0.347 e. The van der Waals surface area contributed by atoms with Gasteiger partial charge in [0, 0.05) is 29.8 Å². The summed E-state index contributed by atoms with van der Waals surface area (Å²) >= 11 is 0. The van der Waals surface area contributed by atoms with Gasteiger partial charge in [0.2, 0.25) is 0 Å². The Morgan fingerprint density at radius 3 is 2.69 bits per heavy atom. The third-order valence-electron chi connectivity index (χ3n) is 5.26. The first-order chi connectivity index (χ1) is 15.7. The van der Waals surface area contributed by atoms with Crippen molar-refractivity contribution in [2.75, 3.05) is 13.6 Å². The second kappa shape index (κ2) is 8.56. The highest BCUT2D eigenvalue weighted by Gasteiger charge is 2.19. The van der Waals surface area contributed by atoms with Crippen LogP contribution in [-0.4, -0.2) is 47.0 Å². The SMILES string of the molecule is CN1C=NC(CNC(=O)c2nccc3nc(-c4cc[c]cc4)c(-c4ccccc4)cc23)N1. The minimum Gasteiger partial charge on any atom is -0.347 e. The molecule has 0 bridgehead atoms. The van der Waals surface area contributed by atoms with Gasteiger partial charge < -0.3 is 5.32 Å². The van der Waals surface area contributed by atoms with Gasteiger partial charge in [0.05, 0.1) is 17.8 Å². The van der Waals surface area contributed by atoms with Crippen LogP contribution in [0.3, 0.4) is 0 Å². The summed E-state index contributed by atoms with van der Waals surface area (Å²) in [5.41, 5.74) is 7.97. The highest BCUT2D eigenvalue weighted by Crippen LogP contribution is 2.33. The number of carbonyl (C=O) groups excluding carboxylic acids is 1. The van der Waals surface area contributed by atoms with E-state index >= 15 is 0 Å². The van der Waals surface area contributed by atoms with E-state index in [1.807, 2.05) is 73.8 Å². The highest BCUT2D eigenvalue weighted by atomic mass is 16.1. The highest BCUT2D eigenvalue weighted by molar-refractivity contribution is 6.06. The Hall–Kier alpha value is -4.10. The zero-order valence-corrected chi connectivity index (χ0v) is 17.5. The Morgan fingerprint density at radius 1 is 1.12 bits per heavy atom. The summed E-state index contributed by atoms with van der Waals surface area (Å²) in [4.78, 5) is 26.6. The summed E-state index contributed by atoms with van der Waals surface area (Å²) in [5, 5.41) is 5.38. The van der Waals surface area contributed by atoms with Crippen molar-refractivity contribution in [3.05, 3.63) is 84.7 Å². The van der Waals surface area contributed by atoms with Crippen LogP contribution >= 0.6 is 0 Å². The number of nitrogens with one attached hydrogen (secondary N) is 2. The lowest BCUT2D eigenvalue weighted by Crippen LogP contribution is -2.41. The molecule has 7 heteroatoms. The van der Waals surface area contributed by atoms with Crippen molar-refractivity contribution in [1.29, 1.82) is 0 Å². The topological polar surface area (TPSA) is 82.5 Å². The van der Waals surface area contributed by atoms with E-state index in [1.165, 1.54) is 0 Å². The second-order valence-electron chi connectivity index (χ2n) is 7.50. The van der Waals surface area contributed by atoms with Crippen LogP contribution in [0.15, 0.2) is 77.9 Å². The van der Waals surface area contributed by atoms with Gasteiger partial charge in [-0.3, -0.25) is 19.8 Å². The van der Waals surface area contributed by atoms with Crippen molar-refractivity contribution in [2.24, 2.45) is 4.99 Å². The maximum absolute atomic E-state index is 13.0. The lowest BCUT2D eigenvalue weighted by molar-refractivity contribution is 0.0945. The first kappa shape index (κ1) is 19.8. The Balaban J connectivity index is 1.57. The standard InChI is InChI=1S/C25H21N6O/c1-31-16-28-22(30-31)15-27-25(32)24-20-14-19(17-8-4-2-5-9-17)23(18-10-6-3-7-11-18)29-21(20)12-13-26-24/h2,4-14,16,22,30H,15H2,1H3,(H,27,32). The Labute approximate surface area is 185 Å². The zero-order valence-electron chi connectivity index (χ0n) is 17.5. The molecular weight excluding hydrogens is 400 g/mol. The number of rotatable bonds is 5. The van der Waals surface area contributed by atoms with E-state index < -0.39 is 0 Å². The molecule has 3 heterocycles. The molecule has 5 rings (SSSR count). The van der Waals surface area contributed by atoms with Crippen molar-refractivity contribution < 1.29 is 4.79 Å². The number of amides is 1. The van der Waals surface area contributed by atoms with E-state index in [0.717, 1.165) is 22.4 Å². The van der Waals surface area contributed by atoms with Gasteiger partial charge in [0.25, 0.3) is 5.91 Å². The van der Waals surface area contributed by atoms with Crippen molar-refractivity contribution in [3.63, 3.8) is 0 Å². The fourth-order valence-electron chi connectivity index (χ4n) is 3.73. The van der Waals surface area contributed by atoms with Crippen LogP contribution < -0.4 is 10.7 Å². The van der Waals surface area contributed by atoms with Crippen LogP contribution in [0.25, 0.3) is 33.3 Å². The molecule has 0 spiro atoms.